The SMILES string of the molecule is COC[S-].[Na+]. The van der Waals surface area contributed by atoms with Gasteiger partial charge in [-0.15, -0.1) is 0 Å². The standard InChI is InChI=1S/C2H6OS.Na/c1-3-2-4;/h4H,2H2,1H3;/q;+1/p-1. The van der Waals surface area contributed by atoms with Crippen molar-refractivity contribution < 1.29 is 34.3 Å². The van der Waals surface area contributed by atoms with E-state index in [0.717, 1.165) is 0 Å². The van der Waals surface area contributed by atoms with Gasteiger partial charge in [-0.3, -0.25) is 0 Å². The van der Waals surface area contributed by atoms with Gasteiger partial charge in [0.05, 0.1) is 0 Å². The molecule has 0 aromatic carbocycles. The van der Waals surface area contributed by atoms with E-state index in [-0.39, 0.29) is 29.6 Å². The first-order valence-corrected chi connectivity index (χ1v) is 1.56. The van der Waals surface area contributed by atoms with Crippen molar-refractivity contribution in [3.05, 3.63) is 0 Å². The summed E-state index contributed by atoms with van der Waals surface area (Å²) in [6, 6.07) is 0. The molecule has 0 aliphatic rings. The van der Waals surface area contributed by atoms with Gasteiger partial charge in [-0.25, -0.2) is 0 Å². The molecule has 0 saturated heterocycles. The first-order chi connectivity index (χ1) is 1.91. The van der Waals surface area contributed by atoms with Gasteiger partial charge in [-0.1, -0.05) is 5.94 Å². The monoisotopic (exact) mass is 100.0 g/mol. The first-order valence-electron chi connectivity index (χ1n) is 0.986. The molecule has 26 valence electrons. The largest absolute Gasteiger partial charge is 1.00 e. The zero-order chi connectivity index (χ0) is 3.41. The molecule has 0 heterocycles. The molecule has 0 rings (SSSR count). The predicted octanol–water partition coefficient (Wildman–Crippen LogP) is -2.86. The van der Waals surface area contributed by atoms with Gasteiger partial charge < -0.3 is 17.4 Å². The van der Waals surface area contributed by atoms with Crippen LogP contribution in [0.5, 0.6) is 0 Å². The van der Waals surface area contributed by atoms with Gasteiger partial charge >= 0.3 is 29.6 Å². The number of hydrogen-bond donors (Lipinski definition) is 0. The van der Waals surface area contributed by atoms with Crippen molar-refractivity contribution in [1.82, 2.24) is 0 Å². The van der Waals surface area contributed by atoms with E-state index in [1.807, 2.05) is 0 Å². The van der Waals surface area contributed by atoms with Crippen molar-refractivity contribution in [1.29, 1.82) is 0 Å². The van der Waals surface area contributed by atoms with Crippen molar-refractivity contribution in [3.8, 4) is 0 Å². The van der Waals surface area contributed by atoms with Gasteiger partial charge in [-0.2, -0.15) is 0 Å². The minimum atomic E-state index is 0. The minimum absolute atomic E-state index is 0. The summed E-state index contributed by atoms with van der Waals surface area (Å²) in [6.07, 6.45) is 0. The van der Waals surface area contributed by atoms with Gasteiger partial charge in [0.2, 0.25) is 0 Å². The fraction of sp³-hybridized carbons (Fsp3) is 1.00. The van der Waals surface area contributed by atoms with Gasteiger partial charge in [-0.05, 0) is 0 Å². The van der Waals surface area contributed by atoms with E-state index in [9.17, 15) is 0 Å². The van der Waals surface area contributed by atoms with Crippen LogP contribution in [0.25, 0.3) is 0 Å². The second-order valence-corrected chi connectivity index (χ2v) is 0.642. The average Bonchev–Trinajstić information content (AvgIpc) is 1.37. The number of rotatable bonds is 1. The summed E-state index contributed by atoms with van der Waals surface area (Å²) in [6.45, 7) is 0. The van der Waals surface area contributed by atoms with Crippen molar-refractivity contribution in [2.45, 2.75) is 0 Å². The van der Waals surface area contributed by atoms with Crippen LogP contribution in [-0.2, 0) is 17.4 Å². The molecule has 5 heavy (non-hydrogen) atoms. The first kappa shape index (κ1) is 9.58. The molecule has 0 radical (unpaired) electrons. The van der Waals surface area contributed by atoms with Crippen LogP contribution < -0.4 is 29.6 Å². The van der Waals surface area contributed by atoms with E-state index in [0.29, 0.717) is 5.94 Å². The van der Waals surface area contributed by atoms with Crippen LogP contribution in [0.15, 0.2) is 0 Å². The maximum absolute atomic E-state index is 4.36. The molecule has 0 bridgehead atoms. The summed E-state index contributed by atoms with van der Waals surface area (Å²) in [4.78, 5) is 0. The number of methoxy groups -OCH3 is 1. The van der Waals surface area contributed by atoms with E-state index in [1.165, 1.54) is 0 Å². The molecule has 0 aromatic rings. The molecule has 0 N–H and O–H groups in total. The molecule has 0 aliphatic carbocycles. The molecule has 0 atom stereocenters. The Morgan fingerprint density at radius 2 is 2.00 bits per heavy atom. The second kappa shape index (κ2) is 9.00. The Hall–Kier alpha value is 1.31. The van der Waals surface area contributed by atoms with E-state index in [2.05, 4.69) is 17.4 Å². The van der Waals surface area contributed by atoms with Crippen LogP contribution in [0.3, 0.4) is 0 Å². The molecular formula is C2H5NaOS. The van der Waals surface area contributed by atoms with Crippen molar-refractivity contribution in [2.24, 2.45) is 0 Å². The Labute approximate surface area is 59.8 Å². The van der Waals surface area contributed by atoms with Crippen molar-refractivity contribution in [2.75, 3.05) is 13.0 Å². The molecule has 0 fully saturated rings. The summed E-state index contributed by atoms with van der Waals surface area (Å²) in [7, 11) is 1.58. The third-order valence-electron chi connectivity index (χ3n) is 0.118. The third-order valence-corrected chi connectivity index (χ3v) is 0.354. The zero-order valence-electron chi connectivity index (χ0n) is 3.52. The molecule has 0 aliphatic heterocycles. The van der Waals surface area contributed by atoms with Gasteiger partial charge in [0.1, 0.15) is 0 Å². The molecular weight excluding hydrogens is 95.1 g/mol. The van der Waals surface area contributed by atoms with E-state index >= 15 is 0 Å². The number of hydrogen-bond acceptors (Lipinski definition) is 2. The normalized spacial score (nSPS) is 6.00. The summed E-state index contributed by atoms with van der Waals surface area (Å²) < 4.78 is 4.36. The summed E-state index contributed by atoms with van der Waals surface area (Å²) >= 11 is 4.33. The van der Waals surface area contributed by atoms with Crippen LogP contribution in [0.4, 0.5) is 0 Å². The summed E-state index contributed by atoms with van der Waals surface area (Å²) in [5.41, 5.74) is 0. The van der Waals surface area contributed by atoms with Crippen molar-refractivity contribution >= 4 is 12.6 Å². The third kappa shape index (κ3) is 10.9. The minimum Gasteiger partial charge on any atom is -0.765 e. The summed E-state index contributed by atoms with van der Waals surface area (Å²) in [5, 5.41) is 0. The van der Waals surface area contributed by atoms with Gasteiger partial charge in [0, 0.05) is 7.11 Å². The maximum Gasteiger partial charge on any atom is 1.00 e. The van der Waals surface area contributed by atoms with E-state index < -0.39 is 0 Å². The zero-order valence-corrected chi connectivity index (χ0v) is 6.34. The van der Waals surface area contributed by atoms with Crippen LogP contribution in [0.2, 0.25) is 0 Å². The molecule has 1 nitrogen and oxygen atoms in total. The topological polar surface area (TPSA) is 9.23 Å². The number of ether oxygens (including phenoxy) is 1. The van der Waals surface area contributed by atoms with E-state index in [4.69, 9.17) is 0 Å². The Bertz CT molecular complexity index is 11.6. The molecule has 0 amide bonds. The Balaban J connectivity index is 0. The average molecular weight is 100 g/mol. The summed E-state index contributed by atoms with van der Waals surface area (Å²) in [5.74, 6) is 0.403. The fourth-order valence-corrected chi connectivity index (χ4v) is 0. The quantitative estimate of drug-likeness (QED) is 0.259. The van der Waals surface area contributed by atoms with Crippen molar-refractivity contribution in [3.63, 3.8) is 0 Å². The molecule has 3 heteroatoms. The van der Waals surface area contributed by atoms with Crippen LogP contribution in [-0.4, -0.2) is 13.0 Å². The fourth-order valence-electron chi connectivity index (χ4n) is 0. The molecule has 0 aromatic heterocycles. The Morgan fingerprint density at radius 1 is 1.80 bits per heavy atom. The maximum atomic E-state index is 4.36. The van der Waals surface area contributed by atoms with Crippen LogP contribution >= 0.6 is 0 Å². The Kier molecular flexibility index (Phi) is 17.2. The molecule has 0 saturated carbocycles. The van der Waals surface area contributed by atoms with Gasteiger partial charge in [0.25, 0.3) is 0 Å². The van der Waals surface area contributed by atoms with Crippen LogP contribution in [0.1, 0.15) is 0 Å². The van der Waals surface area contributed by atoms with Gasteiger partial charge in [0.15, 0.2) is 0 Å². The predicted molar refractivity (Wildman–Crippen MR) is 19.2 cm³/mol. The van der Waals surface area contributed by atoms with E-state index in [1.54, 1.807) is 7.11 Å². The molecule has 0 spiro atoms. The second-order valence-electron chi connectivity index (χ2n) is 0.407. The molecule has 0 unspecified atom stereocenters. The van der Waals surface area contributed by atoms with Crippen LogP contribution in [0, 0.1) is 0 Å². The Morgan fingerprint density at radius 3 is 2.00 bits per heavy atom. The smallest absolute Gasteiger partial charge is 0.765 e.